The molecule has 4 nitrogen and oxygen atoms in total. The summed E-state index contributed by atoms with van der Waals surface area (Å²) in [6, 6.07) is 5.11. The van der Waals surface area contributed by atoms with Gasteiger partial charge in [-0.1, -0.05) is 0 Å². The lowest BCUT2D eigenvalue weighted by Gasteiger charge is -2.14. The molecule has 0 aliphatic heterocycles. The van der Waals surface area contributed by atoms with Gasteiger partial charge >= 0.3 is 0 Å². The molecule has 0 bridgehead atoms. The highest BCUT2D eigenvalue weighted by Crippen LogP contribution is 2.32. The fraction of sp³-hybridized carbons (Fsp3) is 0.0769. The molecule has 0 amide bonds. The number of anilines is 2. The van der Waals surface area contributed by atoms with Gasteiger partial charge in [-0.05, 0) is 53.3 Å². The maximum atomic E-state index is 13.9. The van der Waals surface area contributed by atoms with E-state index in [2.05, 4.69) is 5.32 Å². The van der Waals surface area contributed by atoms with Crippen LogP contribution in [0.25, 0.3) is 0 Å². The molecule has 0 aliphatic rings. The molecule has 0 atom stereocenters. The average Bonchev–Trinajstić information content (AvgIpc) is 2.40. The Morgan fingerprint density at radius 3 is 2.32 bits per heavy atom. The van der Waals surface area contributed by atoms with Crippen molar-refractivity contribution in [3.63, 3.8) is 0 Å². The summed E-state index contributed by atoms with van der Waals surface area (Å²) >= 11 is 2.04. The topological polar surface area (TPSA) is 66.4 Å². The van der Waals surface area contributed by atoms with Gasteiger partial charge in [0.2, 0.25) is 0 Å². The van der Waals surface area contributed by atoms with Crippen molar-refractivity contribution in [2.24, 2.45) is 0 Å². The number of rotatable bonds is 3. The van der Waals surface area contributed by atoms with Gasteiger partial charge in [-0.2, -0.15) is 8.42 Å². The predicted octanol–water partition coefficient (Wildman–Crippen LogP) is 4.01. The Morgan fingerprint density at radius 2 is 1.77 bits per heavy atom. The van der Waals surface area contributed by atoms with E-state index in [9.17, 15) is 21.6 Å². The summed E-state index contributed by atoms with van der Waals surface area (Å²) < 4.78 is 72.9. The largest absolute Gasteiger partial charge is 0.352 e. The van der Waals surface area contributed by atoms with E-state index in [0.29, 0.717) is 5.56 Å². The van der Waals surface area contributed by atoms with Crippen LogP contribution in [0, 0.1) is 27.9 Å². The molecular weight excluding hydrogens is 434 g/mol. The van der Waals surface area contributed by atoms with Gasteiger partial charge in [0.25, 0.3) is 10.1 Å². The molecule has 0 unspecified atom stereocenters. The Balaban J connectivity index is 2.66. The van der Waals surface area contributed by atoms with Crippen LogP contribution in [-0.4, -0.2) is 13.0 Å². The maximum absolute atomic E-state index is 13.9. The molecule has 0 aromatic heterocycles. The second kappa shape index (κ2) is 6.05. The molecule has 0 saturated carbocycles. The quantitative estimate of drug-likeness (QED) is 0.428. The van der Waals surface area contributed by atoms with Crippen LogP contribution in [0.3, 0.4) is 0 Å². The number of nitrogens with one attached hydrogen (secondary N) is 1. The third kappa shape index (κ3) is 3.36. The standard InChI is InChI=1S/C13H9F3INO3S/c1-6-4-7(17)2-3-9(6)18-13-10(22(19,20)21)5-8(14)11(15)12(13)16/h2-5,18H,1H3,(H,19,20,21). The second-order valence-corrected chi connectivity index (χ2v) is 7.05. The third-order valence-corrected chi connectivity index (χ3v) is 4.40. The zero-order valence-electron chi connectivity index (χ0n) is 11.0. The molecule has 2 aromatic rings. The van der Waals surface area contributed by atoms with E-state index in [0.717, 1.165) is 3.57 Å². The summed E-state index contributed by atoms with van der Waals surface area (Å²) in [6.07, 6.45) is 0. The van der Waals surface area contributed by atoms with Crippen molar-refractivity contribution in [1.29, 1.82) is 0 Å². The second-order valence-electron chi connectivity index (χ2n) is 4.42. The molecule has 0 saturated heterocycles. The predicted molar refractivity (Wildman–Crippen MR) is 83.3 cm³/mol. The van der Waals surface area contributed by atoms with E-state index in [4.69, 9.17) is 4.55 Å². The number of hydrogen-bond donors (Lipinski definition) is 2. The van der Waals surface area contributed by atoms with Crippen molar-refractivity contribution in [3.8, 4) is 0 Å². The van der Waals surface area contributed by atoms with Gasteiger partial charge in [0.15, 0.2) is 17.5 Å². The number of benzene rings is 2. The minimum atomic E-state index is -4.95. The fourth-order valence-electron chi connectivity index (χ4n) is 1.80. The highest BCUT2D eigenvalue weighted by atomic mass is 127. The third-order valence-electron chi connectivity index (χ3n) is 2.85. The average molecular weight is 443 g/mol. The normalized spacial score (nSPS) is 11.5. The van der Waals surface area contributed by atoms with Crippen LogP contribution in [0.2, 0.25) is 0 Å². The molecule has 118 valence electrons. The Hall–Kier alpha value is -1.33. The van der Waals surface area contributed by atoms with Gasteiger partial charge in [0, 0.05) is 15.3 Å². The fourth-order valence-corrected chi connectivity index (χ4v) is 3.09. The zero-order valence-corrected chi connectivity index (χ0v) is 14.0. The van der Waals surface area contributed by atoms with Crippen LogP contribution in [0.1, 0.15) is 5.56 Å². The molecule has 2 rings (SSSR count). The molecule has 2 aromatic carbocycles. The molecule has 2 N–H and O–H groups in total. The summed E-state index contributed by atoms with van der Waals surface area (Å²) in [5, 5.41) is 2.39. The van der Waals surface area contributed by atoms with Gasteiger partial charge in [0.1, 0.15) is 4.90 Å². The van der Waals surface area contributed by atoms with Crippen LogP contribution in [-0.2, 0) is 10.1 Å². The highest BCUT2D eigenvalue weighted by Gasteiger charge is 2.26. The van der Waals surface area contributed by atoms with E-state index < -0.39 is 38.2 Å². The molecular formula is C13H9F3INO3S. The van der Waals surface area contributed by atoms with Gasteiger partial charge in [-0.3, -0.25) is 4.55 Å². The van der Waals surface area contributed by atoms with Gasteiger partial charge in [-0.15, -0.1) is 0 Å². The number of hydrogen-bond acceptors (Lipinski definition) is 3. The van der Waals surface area contributed by atoms with Crippen molar-refractivity contribution < 1.29 is 26.1 Å². The van der Waals surface area contributed by atoms with Gasteiger partial charge in [0.05, 0.1) is 5.69 Å². The monoisotopic (exact) mass is 443 g/mol. The molecule has 22 heavy (non-hydrogen) atoms. The first kappa shape index (κ1) is 17.0. The van der Waals surface area contributed by atoms with Crippen molar-refractivity contribution in [1.82, 2.24) is 0 Å². The molecule has 9 heteroatoms. The smallest absolute Gasteiger partial charge is 0.296 e. The molecule has 0 radical (unpaired) electrons. The van der Waals surface area contributed by atoms with E-state index in [1.54, 1.807) is 19.1 Å². The number of aryl methyl sites for hydroxylation is 1. The minimum Gasteiger partial charge on any atom is -0.352 e. The van der Waals surface area contributed by atoms with Crippen molar-refractivity contribution >= 4 is 44.1 Å². The molecule has 0 fully saturated rings. The minimum absolute atomic E-state index is 0.220. The zero-order chi connectivity index (χ0) is 16.7. The summed E-state index contributed by atoms with van der Waals surface area (Å²) in [6.45, 7) is 1.66. The Labute approximate surface area is 138 Å². The lowest BCUT2D eigenvalue weighted by Crippen LogP contribution is -2.09. The van der Waals surface area contributed by atoms with E-state index >= 15 is 0 Å². The van der Waals surface area contributed by atoms with E-state index in [-0.39, 0.29) is 11.8 Å². The van der Waals surface area contributed by atoms with Gasteiger partial charge in [-0.25, -0.2) is 13.2 Å². The van der Waals surface area contributed by atoms with Gasteiger partial charge < -0.3 is 5.32 Å². The van der Waals surface area contributed by atoms with E-state index in [1.165, 1.54) is 6.07 Å². The van der Waals surface area contributed by atoms with Crippen LogP contribution >= 0.6 is 22.6 Å². The van der Waals surface area contributed by atoms with E-state index in [1.807, 2.05) is 22.6 Å². The molecule has 0 heterocycles. The van der Waals surface area contributed by atoms with Crippen molar-refractivity contribution in [3.05, 3.63) is 50.9 Å². The Bertz CT molecular complexity index is 856. The maximum Gasteiger partial charge on any atom is 0.296 e. The molecule has 0 spiro atoms. The lowest BCUT2D eigenvalue weighted by atomic mass is 10.2. The first-order valence-corrected chi connectivity index (χ1v) is 8.31. The van der Waals surface area contributed by atoms with Crippen molar-refractivity contribution in [2.75, 3.05) is 5.32 Å². The summed E-state index contributed by atoms with van der Waals surface area (Å²) in [7, 11) is -4.95. The van der Waals surface area contributed by atoms with Crippen molar-refractivity contribution in [2.45, 2.75) is 11.8 Å². The van der Waals surface area contributed by atoms with Crippen LogP contribution < -0.4 is 5.32 Å². The SMILES string of the molecule is Cc1cc(I)ccc1Nc1c(S(=O)(=O)O)cc(F)c(F)c1F. The first-order valence-electron chi connectivity index (χ1n) is 5.79. The highest BCUT2D eigenvalue weighted by molar-refractivity contribution is 14.1. The molecule has 0 aliphatic carbocycles. The number of halogens is 4. The first-order chi connectivity index (χ1) is 10.1. The van der Waals surface area contributed by atoms with Crippen LogP contribution in [0.15, 0.2) is 29.2 Å². The Morgan fingerprint density at radius 1 is 1.14 bits per heavy atom. The Kier molecular flexibility index (Phi) is 4.68. The van der Waals surface area contributed by atoms with Crippen LogP contribution in [0.4, 0.5) is 24.5 Å². The summed E-state index contributed by atoms with van der Waals surface area (Å²) in [4.78, 5) is -1.08. The summed E-state index contributed by atoms with van der Waals surface area (Å²) in [5.74, 6) is -5.28. The van der Waals surface area contributed by atoms with Crippen LogP contribution in [0.5, 0.6) is 0 Å². The summed E-state index contributed by atoms with van der Waals surface area (Å²) in [5.41, 5.74) is 0.0539. The lowest BCUT2D eigenvalue weighted by molar-refractivity contribution is 0.440.